The van der Waals surface area contributed by atoms with Gasteiger partial charge >= 0.3 is 0 Å². The molecular weight excluding hydrogens is 400 g/mol. The van der Waals surface area contributed by atoms with Gasteiger partial charge in [0, 0.05) is 75.4 Å². The quantitative estimate of drug-likeness (QED) is 0.491. The standard InChI is InChI=1S/C21H24N6O4/c28-20(7-10-26(17-3-4-17)21(29)19-15-22-8-9-23-19)25-13-11-24(12-14-25)16-1-5-18(6-2-16)27(30)31/h1-2,5-6,8-9,15,17H,3-4,7,10-14H2. The summed E-state index contributed by atoms with van der Waals surface area (Å²) in [6.45, 7) is 2.86. The number of amides is 2. The molecule has 1 aliphatic heterocycles. The van der Waals surface area contributed by atoms with Crippen LogP contribution in [-0.2, 0) is 4.79 Å². The third-order valence-electron chi connectivity index (χ3n) is 5.66. The molecule has 0 spiro atoms. The van der Waals surface area contributed by atoms with Crippen molar-refractivity contribution in [1.82, 2.24) is 19.8 Å². The number of carbonyl (C=O) groups is 2. The van der Waals surface area contributed by atoms with Crippen LogP contribution in [0.3, 0.4) is 0 Å². The topological polar surface area (TPSA) is 113 Å². The number of aromatic nitrogens is 2. The molecule has 2 amide bonds. The first kappa shape index (κ1) is 20.7. The Morgan fingerprint density at radius 2 is 1.81 bits per heavy atom. The van der Waals surface area contributed by atoms with Crippen LogP contribution in [-0.4, -0.2) is 75.3 Å². The van der Waals surface area contributed by atoms with E-state index in [0.29, 0.717) is 38.4 Å². The van der Waals surface area contributed by atoms with Gasteiger partial charge in [0.15, 0.2) is 0 Å². The van der Waals surface area contributed by atoms with Gasteiger partial charge in [0.05, 0.1) is 11.1 Å². The smallest absolute Gasteiger partial charge is 0.274 e. The van der Waals surface area contributed by atoms with Crippen molar-refractivity contribution >= 4 is 23.2 Å². The highest BCUT2D eigenvalue weighted by Gasteiger charge is 2.34. The van der Waals surface area contributed by atoms with Gasteiger partial charge in [-0.25, -0.2) is 4.98 Å². The Balaban J connectivity index is 1.28. The van der Waals surface area contributed by atoms with Gasteiger partial charge in [-0.3, -0.25) is 24.7 Å². The Hall–Kier alpha value is -3.56. The molecule has 1 saturated heterocycles. The predicted octanol–water partition coefficient (Wildman–Crippen LogP) is 1.73. The van der Waals surface area contributed by atoms with Crippen LogP contribution < -0.4 is 4.90 Å². The second-order valence-corrected chi connectivity index (χ2v) is 7.71. The normalized spacial score (nSPS) is 16.1. The van der Waals surface area contributed by atoms with Crippen LogP contribution in [0.1, 0.15) is 29.8 Å². The van der Waals surface area contributed by atoms with E-state index in [1.54, 1.807) is 17.0 Å². The summed E-state index contributed by atoms with van der Waals surface area (Å²) in [6, 6.07) is 6.64. The van der Waals surface area contributed by atoms with E-state index < -0.39 is 4.92 Å². The highest BCUT2D eigenvalue weighted by Crippen LogP contribution is 2.28. The lowest BCUT2D eigenvalue weighted by Gasteiger charge is -2.36. The Labute approximate surface area is 179 Å². The van der Waals surface area contributed by atoms with Crippen molar-refractivity contribution < 1.29 is 14.5 Å². The van der Waals surface area contributed by atoms with Crippen molar-refractivity contribution in [3.05, 3.63) is 58.7 Å². The predicted molar refractivity (Wildman–Crippen MR) is 113 cm³/mol. The number of hydrogen-bond acceptors (Lipinski definition) is 7. The fourth-order valence-corrected chi connectivity index (χ4v) is 3.77. The maximum Gasteiger partial charge on any atom is 0.274 e. The largest absolute Gasteiger partial charge is 0.368 e. The molecule has 2 aromatic rings. The lowest BCUT2D eigenvalue weighted by atomic mass is 10.2. The number of carbonyl (C=O) groups excluding carboxylic acids is 2. The van der Waals surface area contributed by atoms with E-state index in [2.05, 4.69) is 14.9 Å². The summed E-state index contributed by atoms with van der Waals surface area (Å²) in [7, 11) is 0. The van der Waals surface area contributed by atoms with Crippen LogP contribution in [0, 0.1) is 10.1 Å². The van der Waals surface area contributed by atoms with Gasteiger partial charge in [-0.05, 0) is 25.0 Å². The number of non-ortho nitro benzene ring substituents is 1. The molecule has 31 heavy (non-hydrogen) atoms. The van der Waals surface area contributed by atoms with E-state index in [0.717, 1.165) is 18.5 Å². The van der Waals surface area contributed by atoms with Gasteiger partial charge in [-0.1, -0.05) is 0 Å². The molecule has 10 heteroatoms. The van der Waals surface area contributed by atoms with Crippen LogP contribution in [0.2, 0.25) is 0 Å². The average Bonchev–Trinajstić information content (AvgIpc) is 3.65. The number of nitro benzene ring substituents is 1. The minimum Gasteiger partial charge on any atom is -0.368 e. The Morgan fingerprint density at radius 1 is 1.10 bits per heavy atom. The molecule has 0 radical (unpaired) electrons. The SMILES string of the molecule is O=C(CCN(C(=O)c1cnccn1)C1CC1)N1CCN(c2ccc([N+](=O)[O-])cc2)CC1. The summed E-state index contributed by atoms with van der Waals surface area (Å²) in [5, 5.41) is 10.8. The third kappa shape index (κ3) is 4.96. The zero-order valence-corrected chi connectivity index (χ0v) is 17.1. The zero-order valence-electron chi connectivity index (χ0n) is 17.1. The third-order valence-corrected chi connectivity index (χ3v) is 5.66. The minimum absolute atomic E-state index is 0.0287. The van der Waals surface area contributed by atoms with Gasteiger partial charge in [0.1, 0.15) is 5.69 Å². The number of rotatable bonds is 7. The molecular formula is C21H24N6O4. The van der Waals surface area contributed by atoms with Crippen molar-refractivity contribution in [2.75, 3.05) is 37.6 Å². The maximum atomic E-state index is 12.7. The van der Waals surface area contributed by atoms with Crippen LogP contribution in [0.15, 0.2) is 42.9 Å². The lowest BCUT2D eigenvalue weighted by Crippen LogP contribution is -2.49. The minimum atomic E-state index is -0.416. The monoisotopic (exact) mass is 424 g/mol. The molecule has 4 rings (SSSR count). The summed E-state index contributed by atoms with van der Waals surface area (Å²) in [4.78, 5) is 49.6. The van der Waals surface area contributed by atoms with Crippen LogP contribution in [0.4, 0.5) is 11.4 Å². The average molecular weight is 424 g/mol. The highest BCUT2D eigenvalue weighted by atomic mass is 16.6. The fourth-order valence-electron chi connectivity index (χ4n) is 3.77. The number of nitrogens with zero attached hydrogens (tertiary/aromatic N) is 6. The van der Waals surface area contributed by atoms with E-state index in [1.807, 2.05) is 4.90 Å². The molecule has 0 bridgehead atoms. The highest BCUT2D eigenvalue weighted by molar-refractivity contribution is 5.92. The Kier molecular flexibility index (Phi) is 6.06. The van der Waals surface area contributed by atoms with E-state index in [1.165, 1.54) is 30.7 Å². The molecule has 2 heterocycles. The molecule has 0 atom stereocenters. The molecule has 1 aromatic heterocycles. The Morgan fingerprint density at radius 3 is 2.39 bits per heavy atom. The van der Waals surface area contributed by atoms with Crippen LogP contribution in [0.5, 0.6) is 0 Å². The van der Waals surface area contributed by atoms with Crippen molar-refractivity contribution in [1.29, 1.82) is 0 Å². The molecule has 0 N–H and O–H groups in total. The molecule has 1 aliphatic carbocycles. The molecule has 2 fully saturated rings. The molecule has 1 aromatic carbocycles. The van der Waals surface area contributed by atoms with Crippen molar-refractivity contribution in [2.45, 2.75) is 25.3 Å². The van der Waals surface area contributed by atoms with E-state index in [4.69, 9.17) is 0 Å². The zero-order chi connectivity index (χ0) is 21.8. The first-order valence-corrected chi connectivity index (χ1v) is 10.4. The number of piperazine rings is 1. The van der Waals surface area contributed by atoms with Crippen LogP contribution >= 0.6 is 0 Å². The molecule has 2 aliphatic rings. The fraction of sp³-hybridized carbons (Fsp3) is 0.429. The first-order chi connectivity index (χ1) is 15.0. The van der Waals surface area contributed by atoms with Crippen molar-refractivity contribution in [2.24, 2.45) is 0 Å². The van der Waals surface area contributed by atoms with Gasteiger partial charge in [-0.15, -0.1) is 0 Å². The van der Waals surface area contributed by atoms with Gasteiger partial charge in [0.2, 0.25) is 5.91 Å². The summed E-state index contributed by atoms with van der Waals surface area (Å²) in [5.74, 6) is -0.146. The van der Waals surface area contributed by atoms with Gasteiger partial charge in [0.25, 0.3) is 11.6 Å². The van der Waals surface area contributed by atoms with Gasteiger partial charge in [-0.2, -0.15) is 0 Å². The van der Waals surface area contributed by atoms with Crippen molar-refractivity contribution in [3.8, 4) is 0 Å². The maximum absolute atomic E-state index is 12.7. The summed E-state index contributed by atoms with van der Waals surface area (Å²) >= 11 is 0. The second-order valence-electron chi connectivity index (χ2n) is 7.71. The van der Waals surface area contributed by atoms with E-state index in [9.17, 15) is 19.7 Å². The number of nitro groups is 1. The first-order valence-electron chi connectivity index (χ1n) is 10.4. The molecule has 1 saturated carbocycles. The number of hydrogen-bond donors (Lipinski definition) is 0. The number of anilines is 1. The molecule has 10 nitrogen and oxygen atoms in total. The molecule has 0 unspecified atom stereocenters. The molecule has 162 valence electrons. The summed E-state index contributed by atoms with van der Waals surface area (Å²) in [5.41, 5.74) is 1.28. The van der Waals surface area contributed by atoms with E-state index >= 15 is 0 Å². The number of benzene rings is 1. The summed E-state index contributed by atoms with van der Waals surface area (Å²) in [6.07, 6.45) is 6.66. The second kappa shape index (κ2) is 9.07. The van der Waals surface area contributed by atoms with Crippen LogP contribution in [0.25, 0.3) is 0 Å². The van der Waals surface area contributed by atoms with Crippen molar-refractivity contribution in [3.63, 3.8) is 0 Å². The Bertz CT molecular complexity index is 940. The summed E-state index contributed by atoms with van der Waals surface area (Å²) < 4.78 is 0. The van der Waals surface area contributed by atoms with E-state index in [-0.39, 0.29) is 30.0 Å². The van der Waals surface area contributed by atoms with Gasteiger partial charge < -0.3 is 14.7 Å². The lowest BCUT2D eigenvalue weighted by molar-refractivity contribution is -0.384.